The molecule has 0 spiro atoms. The molecule has 1 heterocycles. The van der Waals surface area contributed by atoms with Crippen molar-refractivity contribution in [2.45, 2.75) is 45.4 Å². The van der Waals surface area contributed by atoms with Crippen LogP contribution in [0, 0.1) is 17.2 Å². The highest BCUT2D eigenvalue weighted by Gasteiger charge is 2.26. The summed E-state index contributed by atoms with van der Waals surface area (Å²) in [7, 11) is 0. The van der Waals surface area contributed by atoms with Gasteiger partial charge in [0.2, 0.25) is 0 Å². The van der Waals surface area contributed by atoms with Crippen LogP contribution in [0.2, 0.25) is 0 Å². The summed E-state index contributed by atoms with van der Waals surface area (Å²) < 4.78 is 5.43. The lowest BCUT2D eigenvalue weighted by atomic mass is 10.0. The lowest BCUT2D eigenvalue weighted by Crippen LogP contribution is -2.43. The van der Waals surface area contributed by atoms with Crippen LogP contribution in [0.5, 0.6) is 0 Å². The van der Waals surface area contributed by atoms with Crippen LogP contribution in [-0.4, -0.2) is 24.8 Å². The Bertz CT molecular complexity index is 200. The summed E-state index contributed by atoms with van der Waals surface area (Å²) in [5.41, 5.74) is 0. The van der Waals surface area contributed by atoms with Gasteiger partial charge in [0.15, 0.2) is 0 Å². The van der Waals surface area contributed by atoms with Gasteiger partial charge >= 0.3 is 0 Å². The molecule has 0 aromatic rings. The van der Waals surface area contributed by atoms with Crippen LogP contribution in [0.3, 0.4) is 0 Å². The van der Waals surface area contributed by atoms with Crippen LogP contribution in [-0.2, 0) is 4.74 Å². The molecular weight excluding hydrogens is 164 g/mol. The smallest absolute Gasteiger partial charge is 0.0700 e. The Morgan fingerprint density at radius 3 is 2.69 bits per heavy atom. The molecule has 3 heteroatoms. The summed E-state index contributed by atoms with van der Waals surface area (Å²) in [6.45, 7) is 6.91. The Labute approximate surface area is 80.1 Å². The summed E-state index contributed by atoms with van der Waals surface area (Å²) in [4.78, 5) is 0. The molecule has 0 aromatic heterocycles. The van der Waals surface area contributed by atoms with Gasteiger partial charge in [-0.1, -0.05) is 0 Å². The zero-order valence-electron chi connectivity index (χ0n) is 8.58. The molecule has 2 unspecified atom stereocenters. The Morgan fingerprint density at radius 2 is 2.23 bits per heavy atom. The van der Waals surface area contributed by atoms with Crippen LogP contribution >= 0.6 is 0 Å². The van der Waals surface area contributed by atoms with Gasteiger partial charge in [-0.15, -0.1) is 0 Å². The number of nitrogens with one attached hydrogen (secondary N) is 1. The normalized spacial score (nSPS) is 32.5. The van der Waals surface area contributed by atoms with Crippen LogP contribution in [0.25, 0.3) is 0 Å². The van der Waals surface area contributed by atoms with E-state index in [1.54, 1.807) is 0 Å². The van der Waals surface area contributed by atoms with Gasteiger partial charge in [-0.2, -0.15) is 5.26 Å². The fourth-order valence-electron chi connectivity index (χ4n) is 1.54. The van der Waals surface area contributed by atoms with Crippen molar-refractivity contribution in [3.8, 4) is 6.07 Å². The average molecular weight is 182 g/mol. The second-order valence-electron chi connectivity index (χ2n) is 3.84. The maximum Gasteiger partial charge on any atom is 0.0700 e. The van der Waals surface area contributed by atoms with Crippen LogP contribution in [0.15, 0.2) is 0 Å². The molecule has 0 bridgehead atoms. The van der Waals surface area contributed by atoms with Gasteiger partial charge in [-0.05, 0) is 27.2 Å². The van der Waals surface area contributed by atoms with E-state index in [1.165, 1.54) is 0 Å². The number of hydrogen-bond donors (Lipinski definition) is 1. The van der Waals surface area contributed by atoms with E-state index >= 15 is 0 Å². The predicted octanol–water partition coefficient (Wildman–Crippen LogP) is 1.30. The van der Waals surface area contributed by atoms with E-state index in [0.717, 1.165) is 13.0 Å². The highest BCUT2D eigenvalue weighted by molar-refractivity contribution is 4.90. The number of nitriles is 1. The maximum absolute atomic E-state index is 8.72. The quantitative estimate of drug-likeness (QED) is 0.715. The molecule has 4 atom stereocenters. The zero-order chi connectivity index (χ0) is 9.84. The topological polar surface area (TPSA) is 45.0 Å². The van der Waals surface area contributed by atoms with Gasteiger partial charge in [0.25, 0.3) is 0 Å². The Balaban J connectivity index is 2.36. The summed E-state index contributed by atoms with van der Waals surface area (Å²) in [5, 5.41) is 12.2. The molecule has 0 radical (unpaired) electrons. The minimum Gasteiger partial charge on any atom is -0.377 e. The molecule has 1 saturated heterocycles. The molecule has 1 aliphatic rings. The standard InChI is InChI=1S/C10H18N2O/c1-7(6-11)8(2)12-10-4-5-13-9(10)3/h7-10,12H,4-5H2,1-3H3/t7?,8?,9-,10-/m1/s1. The first-order chi connectivity index (χ1) is 6.15. The second kappa shape index (κ2) is 4.59. The molecule has 1 fully saturated rings. The van der Waals surface area contributed by atoms with Crippen molar-refractivity contribution in [3.05, 3.63) is 0 Å². The zero-order valence-corrected chi connectivity index (χ0v) is 8.58. The summed E-state index contributed by atoms with van der Waals surface area (Å²) in [5.74, 6) is 0.0628. The number of nitrogens with zero attached hydrogens (tertiary/aromatic N) is 1. The Morgan fingerprint density at radius 1 is 1.54 bits per heavy atom. The van der Waals surface area contributed by atoms with Gasteiger partial charge in [0, 0.05) is 18.7 Å². The first-order valence-electron chi connectivity index (χ1n) is 4.92. The highest BCUT2D eigenvalue weighted by Crippen LogP contribution is 2.14. The molecule has 1 N–H and O–H groups in total. The molecule has 0 aromatic carbocycles. The van der Waals surface area contributed by atoms with Crippen LogP contribution in [0.1, 0.15) is 27.2 Å². The van der Waals surface area contributed by atoms with E-state index in [2.05, 4.69) is 25.2 Å². The van der Waals surface area contributed by atoms with Crippen molar-refractivity contribution >= 4 is 0 Å². The maximum atomic E-state index is 8.72. The van der Waals surface area contributed by atoms with Crippen LogP contribution in [0.4, 0.5) is 0 Å². The minimum absolute atomic E-state index is 0.0628. The van der Waals surface area contributed by atoms with E-state index in [0.29, 0.717) is 6.04 Å². The molecule has 3 nitrogen and oxygen atoms in total. The highest BCUT2D eigenvalue weighted by atomic mass is 16.5. The van der Waals surface area contributed by atoms with E-state index < -0.39 is 0 Å². The van der Waals surface area contributed by atoms with Crippen molar-refractivity contribution in [1.29, 1.82) is 5.26 Å². The van der Waals surface area contributed by atoms with Gasteiger partial charge < -0.3 is 10.1 Å². The van der Waals surface area contributed by atoms with Gasteiger partial charge in [0.05, 0.1) is 18.1 Å². The molecule has 0 aliphatic carbocycles. The molecule has 13 heavy (non-hydrogen) atoms. The molecule has 0 saturated carbocycles. The SMILES string of the molecule is CC(C#N)C(C)N[C@@H]1CCO[C@@H]1C. The van der Waals surface area contributed by atoms with E-state index in [4.69, 9.17) is 10.00 Å². The van der Waals surface area contributed by atoms with E-state index in [-0.39, 0.29) is 18.1 Å². The minimum atomic E-state index is 0.0628. The number of hydrogen-bond acceptors (Lipinski definition) is 3. The number of rotatable bonds is 3. The molecule has 1 aliphatic heterocycles. The second-order valence-corrected chi connectivity index (χ2v) is 3.84. The molecule has 1 rings (SSSR count). The van der Waals surface area contributed by atoms with Crippen LogP contribution < -0.4 is 5.32 Å². The monoisotopic (exact) mass is 182 g/mol. The fourth-order valence-corrected chi connectivity index (χ4v) is 1.54. The third-order valence-corrected chi connectivity index (χ3v) is 2.81. The first kappa shape index (κ1) is 10.5. The summed E-state index contributed by atoms with van der Waals surface area (Å²) in [6, 6.07) is 2.92. The first-order valence-corrected chi connectivity index (χ1v) is 4.92. The van der Waals surface area contributed by atoms with Crippen molar-refractivity contribution in [2.75, 3.05) is 6.61 Å². The molecule has 74 valence electrons. The molecular formula is C10H18N2O. The third-order valence-electron chi connectivity index (χ3n) is 2.81. The summed E-state index contributed by atoms with van der Waals surface area (Å²) >= 11 is 0. The van der Waals surface area contributed by atoms with Gasteiger partial charge in [-0.3, -0.25) is 0 Å². The lowest BCUT2D eigenvalue weighted by Gasteiger charge is -2.22. The van der Waals surface area contributed by atoms with Crippen molar-refractivity contribution in [1.82, 2.24) is 5.32 Å². The average Bonchev–Trinajstić information content (AvgIpc) is 2.50. The largest absolute Gasteiger partial charge is 0.377 e. The van der Waals surface area contributed by atoms with E-state index in [1.807, 2.05) is 6.92 Å². The van der Waals surface area contributed by atoms with Crippen molar-refractivity contribution in [3.63, 3.8) is 0 Å². The lowest BCUT2D eigenvalue weighted by molar-refractivity contribution is 0.110. The third kappa shape index (κ3) is 2.68. The number of ether oxygens (including phenoxy) is 1. The fraction of sp³-hybridized carbons (Fsp3) is 0.900. The van der Waals surface area contributed by atoms with Gasteiger partial charge in [-0.25, -0.2) is 0 Å². The Hall–Kier alpha value is -0.590. The Kier molecular flexibility index (Phi) is 3.71. The van der Waals surface area contributed by atoms with Crippen molar-refractivity contribution in [2.24, 2.45) is 5.92 Å². The van der Waals surface area contributed by atoms with Gasteiger partial charge in [0.1, 0.15) is 0 Å². The molecule has 0 amide bonds. The van der Waals surface area contributed by atoms with E-state index in [9.17, 15) is 0 Å². The summed E-state index contributed by atoms with van der Waals surface area (Å²) in [6.07, 6.45) is 1.34. The predicted molar refractivity (Wildman–Crippen MR) is 51.2 cm³/mol. The van der Waals surface area contributed by atoms with Crippen molar-refractivity contribution < 1.29 is 4.74 Å².